The van der Waals surface area contributed by atoms with E-state index in [2.05, 4.69) is 153 Å². The highest BCUT2D eigenvalue weighted by Gasteiger charge is 2.51. The molecule has 1 amide bonds. The van der Waals surface area contributed by atoms with Crippen molar-refractivity contribution in [1.29, 1.82) is 0 Å². The number of nitrogens with one attached hydrogen (secondary N) is 1. The minimum Gasteiger partial charge on any atom is -0.394 e. The Morgan fingerprint density at radius 1 is 0.468 bits per heavy atom. The van der Waals surface area contributed by atoms with Crippen molar-refractivity contribution in [3.05, 3.63) is 146 Å². The topological polar surface area (TPSA) is 228 Å². The summed E-state index contributed by atoms with van der Waals surface area (Å²) in [6.07, 6.45) is 53.4. The first-order chi connectivity index (χ1) is 37.6. The summed E-state index contributed by atoms with van der Waals surface area (Å²) in [6.45, 7) is 2.47. The minimum atomic E-state index is -1.80. The maximum absolute atomic E-state index is 13.2. The van der Waals surface area contributed by atoms with Gasteiger partial charge in [-0.15, -0.1) is 0 Å². The summed E-state index contributed by atoms with van der Waals surface area (Å²) in [4.78, 5) is 13.2. The molecular weight excluding hydrogens is 979 g/mol. The van der Waals surface area contributed by atoms with E-state index in [0.717, 1.165) is 116 Å². The highest BCUT2D eigenvalue weighted by molar-refractivity contribution is 5.76. The predicted octanol–water partition coefficient (Wildman–Crippen LogP) is 9.38. The van der Waals surface area contributed by atoms with Crippen LogP contribution in [0.4, 0.5) is 0 Å². The lowest BCUT2D eigenvalue weighted by Gasteiger charge is -2.46. The van der Waals surface area contributed by atoms with Gasteiger partial charge in [0, 0.05) is 6.42 Å². The van der Waals surface area contributed by atoms with Gasteiger partial charge >= 0.3 is 0 Å². The summed E-state index contributed by atoms with van der Waals surface area (Å²) in [5.41, 5.74) is 0. The Balaban J connectivity index is 1.70. The second kappa shape index (κ2) is 46.8. The minimum absolute atomic E-state index is 0.236. The fraction of sp³-hybridized carbons (Fsp3) is 0.603. The summed E-state index contributed by atoms with van der Waals surface area (Å²) in [7, 11) is 0. The quantitative estimate of drug-likeness (QED) is 0.0205. The molecule has 0 bridgehead atoms. The largest absolute Gasteiger partial charge is 0.394 e. The normalized spacial score (nSPS) is 25.8. The summed E-state index contributed by atoms with van der Waals surface area (Å²) in [5, 5.41) is 86.7. The SMILES string of the molecule is CC/C=C\C/C=C\C/C=C\C/C=C\C/C=C\C/C=C\C/C=C\C/C=C\C/C=C\CCCCCCCC(=O)NC(COC1OC(CO)C(OC2OC(CO)C(O)C(O)C2O)C(O)C1O)C(O)/C=C/CC/C=C/CC/C=C/CC. The van der Waals surface area contributed by atoms with Crippen LogP contribution in [0, 0.1) is 0 Å². The van der Waals surface area contributed by atoms with Gasteiger partial charge in [-0.1, -0.05) is 179 Å². The second-order valence-electron chi connectivity index (χ2n) is 19.3. The molecule has 0 saturated carbocycles. The molecule has 2 fully saturated rings. The molecule has 12 atom stereocenters. The molecule has 0 aromatic heterocycles. The Kier molecular flexibility index (Phi) is 41.9. The lowest BCUT2D eigenvalue weighted by atomic mass is 9.97. The van der Waals surface area contributed by atoms with Crippen LogP contribution in [0.2, 0.25) is 0 Å². The van der Waals surface area contributed by atoms with E-state index >= 15 is 0 Å². The molecule has 2 heterocycles. The Bertz CT molecular complexity index is 1840. The number of carbonyl (C=O) groups is 1. The standard InChI is InChI=1S/C63H99NO13/c1-3-5-7-9-11-13-15-16-17-18-19-20-21-22-23-24-25-26-27-28-29-30-31-32-33-34-35-36-37-39-41-43-45-47-55(68)64-51(52(67)46-44-42-40-38-14-12-10-8-6-4-2)50-74-62-60(73)58(71)61(54(49-66)76-62)77-63-59(72)57(70)56(69)53(48-65)75-63/h5-8,11,13-14,16-17,19-20,22-23,25-26,28-29,31-32,34-35,38,44,46,51-54,56-63,65-67,69-73H,3-4,9-10,12,15,18,21,24,27,30,33,36-37,39-43,45,47-50H2,1-2H3,(H,64,68)/b7-5-,8-6+,13-11-,17-16-,20-19-,23-22-,26-25-,29-28-,32-31-,35-34-,38-14+,46-44+. The number of hydrogen-bond acceptors (Lipinski definition) is 13. The molecule has 12 unspecified atom stereocenters. The number of allylic oxidation sites excluding steroid dienone is 23. The summed E-state index contributed by atoms with van der Waals surface area (Å²) in [5.74, 6) is -0.283. The van der Waals surface area contributed by atoms with E-state index in [9.17, 15) is 45.6 Å². The molecule has 434 valence electrons. The summed E-state index contributed by atoms with van der Waals surface area (Å²) in [6, 6.07) is -0.958. The summed E-state index contributed by atoms with van der Waals surface area (Å²) >= 11 is 0. The maximum Gasteiger partial charge on any atom is 0.220 e. The molecule has 0 radical (unpaired) electrons. The number of amides is 1. The Hall–Kier alpha value is -4.13. The second-order valence-corrected chi connectivity index (χ2v) is 19.3. The molecule has 14 heteroatoms. The van der Waals surface area contributed by atoms with Crippen LogP contribution in [0.5, 0.6) is 0 Å². The van der Waals surface area contributed by atoms with E-state index in [-0.39, 0.29) is 18.9 Å². The first-order valence-electron chi connectivity index (χ1n) is 28.6. The van der Waals surface area contributed by atoms with E-state index in [1.54, 1.807) is 6.08 Å². The Morgan fingerprint density at radius 2 is 0.870 bits per heavy atom. The fourth-order valence-electron chi connectivity index (χ4n) is 8.20. The van der Waals surface area contributed by atoms with Crippen LogP contribution in [0.1, 0.15) is 149 Å². The van der Waals surface area contributed by atoms with Crippen molar-refractivity contribution in [2.24, 2.45) is 0 Å². The highest BCUT2D eigenvalue weighted by Crippen LogP contribution is 2.30. The van der Waals surface area contributed by atoms with Crippen molar-refractivity contribution in [2.45, 2.75) is 222 Å². The monoisotopic (exact) mass is 1080 g/mol. The Labute approximate surface area is 462 Å². The number of hydrogen-bond donors (Lipinski definition) is 9. The zero-order valence-electron chi connectivity index (χ0n) is 46.4. The van der Waals surface area contributed by atoms with Gasteiger partial charge in [-0.25, -0.2) is 0 Å². The maximum atomic E-state index is 13.2. The van der Waals surface area contributed by atoms with Gasteiger partial charge in [-0.3, -0.25) is 4.79 Å². The average molecular weight is 1080 g/mol. The van der Waals surface area contributed by atoms with Gasteiger partial charge in [0.2, 0.25) is 5.91 Å². The molecule has 0 aromatic rings. The molecule has 2 aliphatic rings. The van der Waals surface area contributed by atoms with Gasteiger partial charge in [0.1, 0.15) is 48.8 Å². The molecule has 2 aliphatic heterocycles. The van der Waals surface area contributed by atoms with Crippen LogP contribution < -0.4 is 5.32 Å². The fourth-order valence-corrected chi connectivity index (χ4v) is 8.20. The first kappa shape index (κ1) is 69.0. The van der Waals surface area contributed by atoms with E-state index < -0.39 is 86.8 Å². The number of ether oxygens (including phenoxy) is 4. The van der Waals surface area contributed by atoms with Gasteiger partial charge in [-0.2, -0.15) is 0 Å². The molecule has 2 saturated heterocycles. The smallest absolute Gasteiger partial charge is 0.220 e. The van der Waals surface area contributed by atoms with Gasteiger partial charge in [-0.05, 0) is 109 Å². The van der Waals surface area contributed by atoms with Gasteiger partial charge in [0.05, 0.1) is 32.0 Å². The van der Waals surface area contributed by atoms with Crippen LogP contribution in [0.3, 0.4) is 0 Å². The molecule has 77 heavy (non-hydrogen) atoms. The van der Waals surface area contributed by atoms with E-state index in [4.69, 9.17) is 18.9 Å². The van der Waals surface area contributed by atoms with Crippen molar-refractivity contribution in [2.75, 3.05) is 19.8 Å². The first-order valence-corrected chi connectivity index (χ1v) is 28.6. The van der Waals surface area contributed by atoms with Gasteiger partial charge in [0.25, 0.3) is 0 Å². The van der Waals surface area contributed by atoms with Crippen LogP contribution in [0.25, 0.3) is 0 Å². The molecule has 9 N–H and O–H groups in total. The number of aliphatic hydroxyl groups excluding tert-OH is 8. The zero-order valence-corrected chi connectivity index (χ0v) is 46.4. The molecular formula is C63H99NO13. The molecule has 0 aromatic carbocycles. The molecule has 14 nitrogen and oxygen atoms in total. The van der Waals surface area contributed by atoms with Crippen molar-refractivity contribution in [1.82, 2.24) is 5.32 Å². The van der Waals surface area contributed by atoms with E-state index in [1.165, 1.54) is 0 Å². The number of aliphatic hydroxyl groups is 8. The highest BCUT2D eigenvalue weighted by atomic mass is 16.7. The lowest BCUT2D eigenvalue weighted by Crippen LogP contribution is -2.65. The third kappa shape index (κ3) is 32.5. The van der Waals surface area contributed by atoms with Crippen molar-refractivity contribution < 1.29 is 64.6 Å². The predicted molar refractivity (Wildman–Crippen MR) is 308 cm³/mol. The molecule has 0 spiro atoms. The third-order valence-corrected chi connectivity index (χ3v) is 12.7. The van der Waals surface area contributed by atoms with Crippen LogP contribution in [0.15, 0.2) is 146 Å². The van der Waals surface area contributed by atoms with Crippen molar-refractivity contribution in [3.63, 3.8) is 0 Å². The number of unbranched alkanes of at least 4 members (excludes halogenated alkanes) is 7. The van der Waals surface area contributed by atoms with Gasteiger partial charge in [0.15, 0.2) is 12.6 Å². The van der Waals surface area contributed by atoms with E-state index in [0.29, 0.717) is 12.8 Å². The van der Waals surface area contributed by atoms with Gasteiger partial charge < -0.3 is 65.1 Å². The van der Waals surface area contributed by atoms with E-state index in [1.807, 2.05) is 6.08 Å². The molecule has 2 rings (SSSR count). The molecule has 0 aliphatic carbocycles. The van der Waals surface area contributed by atoms with Crippen LogP contribution >= 0.6 is 0 Å². The van der Waals surface area contributed by atoms with Crippen LogP contribution in [-0.4, -0.2) is 140 Å². The van der Waals surface area contributed by atoms with Crippen LogP contribution in [-0.2, 0) is 23.7 Å². The number of carbonyl (C=O) groups excluding carboxylic acids is 1. The average Bonchev–Trinajstić information content (AvgIpc) is 3.45. The zero-order chi connectivity index (χ0) is 56.0. The third-order valence-electron chi connectivity index (χ3n) is 12.7. The van der Waals surface area contributed by atoms with Crippen molar-refractivity contribution >= 4 is 5.91 Å². The van der Waals surface area contributed by atoms with Crippen molar-refractivity contribution in [3.8, 4) is 0 Å². The Morgan fingerprint density at radius 3 is 1.38 bits per heavy atom. The number of rotatable bonds is 42. The lowest BCUT2D eigenvalue weighted by molar-refractivity contribution is -0.359. The summed E-state index contributed by atoms with van der Waals surface area (Å²) < 4.78 is 22.6.